The van der Waals surface area contributed by atoms with Gasteiger partial charge in [0, 0.05) is 79.2 Å². The molecule has 8 heteroatoms. The number of likely N-dealkylation sites (N-methyl/N-ethyl adjacent to an activating group) is 1. The first kappa shape index (κ1) is 21.9. The van der Waals surface area contributed by atoms with Crippen LogP contribution < -0.4 is 0 Å². The third-order valence-corrected chi connectivity index (χ3v) is 5.49. The van der Waals surface area contributed by atoms with Gasteiger partial charge in [-0.25, -0.2) is 4.79 Å². The Kier molecular flexibility index (Phi) is 8.79. The molecule has 0 N–H and O–H groups in total. The minimum absolute atomic E-state index is 0.0135. The molecule has 1 atom stereocenters. The van der Waals surface area contributed by atoms with Crippen LogP contribution in [-0.2, 0) is 14.3 Å². The van der Waals surface area contributed by atoms with Gasteiger partial charge in [0.2, 0.25) is 5.91 Å². The molecule has 0 spiro atoms. The first-order valence-corrected chi connectivity index (χ1v) is 10.1. The summed E-state index contributed by atoms with van der Waals surface area (Å²) in [6.07, 6.45) is 3.00. The third-order valence-electron chi connectivity index (χ3n) is 5.49. The van der Waals surface area contributed by atoms with E-state index >= 15 is 0 Å². The second-order valence-corrected chi connectivity index (χ2v) is 7.60. The Bertz CT molecular complexity index is 482. The van der Waals surface area contributed by atoms with Crippen molar-refractivity contribution < 1.29 is 19.1 Å². The van der Waals surface area contributed by atoms with Crippen molar-refractivity contribution in [1.82, 2.24) is 19.6 Å². The average molecular weight is 385 g/mol. The van der Waals surface area contributed by atoms with E-state index in [1.54, 1.807) is 23.9 Å². The van der Waals surface area contributed by atoms with Crippen LogP contribution in [0.5, 0.6) is 0 Å². The minimum atomic E-state index is 0.0135. The number of carbonyl (C=O) groups is 2. The molecule has 2 fully saturated rings. The lowest BCUT2D eigenvalue weighted by atomic mass is 10.0. The van der Waals surface area contributed by atoms with E-state index in [2.05, 4.69) is 4.90 Å². The molecule has 3 amide bonds. The fourth-order valence-corrected chi connectivity index (χ4v) is 3.84. The van der Waals surface area contributed by atoms with Crippen molar-refractivity contribution in [2.45, 2.75) is 38.3 Å². The van der Waals surface area contributed by atoms with Gasteiger partial charge in [-0.1, -0.05) is 0 Å². The molecule has 27 heavy (non-hydrogen) atoms. The molecule has 2 aliphatic rings. The number of rotatable bonds is 8. The van der Waals surface area contributed by atoms with E-state index in [9.17, 15) is 9.59 Å². The average Bonchev–Trinajstić information content (AvgIpc) is 3.15. The second kappa shape index (κ2) is 10.8. The van der Waals surface area contributed by atoms with Gasteiger partial charge in [0.25, 0.3) is 0 Å². The van der Waals surface area contributed by atoms with Gasteiger partial charge < -0.3 is 24.2 Å². The van der Waals surface area contributed by atoms with Gasteiger partial charge in [-0.3, -0.25) is 9.69 Å². The van der Waals surface area contributed by atoms with E-state index in [0.29, 0.717) is 25.2 Å². The molecule has 2 rings (SSSR count). The molecule has 0 aliphatic carbocycles. The lowest BCUT2D eigenvalue weighted by Crippen LogP contribution is -2.50. The van der Waals surface area contributed by atoms with E-state index in [-0.39, 0.29) is 18.5 Å². The number of likely N-dealkylation sites (tertiary alicyclic amines) is 1. The first-order chi connectivity index (χ1) is 12.9. The minimum Gasteiger partial charge on any atom is -0.381 e. The molecule has 0 aromatic carbocycles. The van der Waals surface area contributed by atoms with Crippen LogP contribution in [0, 0.1) is 0 Å². The fourth-order valence-electron chi connectivity index (χ4n) is 3.84. The molecule has 0 aromatic heterocycles. The van der Waals surface area contributed by atoms with Gasteiger partial charge in [-0.05, 0) is 26.2 Å². The standard InChI is InChI=1S/C19H36N4O4/c1-5-26-15-18(24)21(4)10-11-23(16-7-12-27-13-8-16)17-6-9-22(14-17)19(25)20(2)3/h16-17H,5-15H2,1-4H3. The third kappa shape index (κ3) is 6.33. The Labute approximate surface area is 163 Å². The van der Waals surface area contributed by atoms with Crippen LogP contribution >= 0.6 is 0 Å². The van der Waals surface area contributed by atoms with E-state index in [1.807, 2.05) is 18.9 Å². The zero-order valence-corrected chi connectivity index (χ0v) is 17.4. The largest absolute Gasteiger partial charge is 0.381 e. The lowest BCUT2D eigenvalue weighted by Gasteiger charge is -2.39. The van der Waals surface area contributed by atoms with Crippen molar-refractivity contribution in [3.8, 4) is 0 Å². The summed E-state index contributed by atoms with van der Waals surface area (Å²) in [4.78, 5) is 32.3. The number of carbonyl (C=O) groups excluding carboxylic acids is 2. The number of hydrogen-bond donors (Lipinski definition) is 0. The van der Waals surface area contributed by atoms with Gasteiger partial charge in [0.15, 0.2) is 0 Å². The van der Waals surface area contributed by atoms with Crippen molar-refractivity contribution in [3.63, 3.8) is 0 Å². The number of amides is 3. The smallest absolute Gasteiger partial charge is 0.319 e. The summed E-state index contributed by atoms with van der Waals surface area (Å²) in [6.45, 7) is 7.17. The summed E-state index contributed by atoms with van der Waals surface area (Å²) >= 11 is 0. The Morgan fingerprint density at radius 3 is 2.41 bits per heavy atom. The number of urea groups is 1. The molecule has 0 bridgehead atoms. The van der Waals surface area contributed by atoms with E-state index in [1.165, 1.54) is 0 Å². The maximum absolute atomic E-state index is 12.3. The van der Waals surface area contributed by atoms with Gasteiger partial charge in [-0.2, -0.15) is 0 Å². The van der Waals surface area contributed by atoms with Crippen LogP contribution in [0.3, 0.4) is 0 Å². The molecule has 2 heterocycles. The molecule has 2 aliphatic heterocycles. The molecule has 2 saturated heterocycles. The monoisotopic (exact) mass is 384 g/mol. The second-order valence-electron chi connectivity index (χ2n) is 7.60. The molecular formula is C19H36N4O4. The summed E-state index contributed by atoms with van der Waals surface area (Å²) in [6, 6.07) is 0.870. The highest BCUT2D eigenvalue weighted by molar-refractivity contribution is 5.77. The van der Waals surface area contributed by atoms with Crippen LogP contribution in [0.1, 0.15) is 26.2 Å². The van der Waals surface area contributed by atoms with Crippen molar-refractivity contribution in [2.24, 2.45) is 0 Å². The SMILES string of the molecule is CCOCC(=O)N(C)CCN(C1CCOCC1)C1CCN(C(=O)N(C)C)C1. The molecular weight excluding hydrogens is 348 g/mol. The normalized spacial score (nSPS) is 20.9. The van der Waals surface area contributed by atoms with E-state index in [0.717, 1.165) is 52.1 Å². The highest BCUT2D eigenvalue weighted by Crippen LogP contribution is 2.23. The maximum Gasteiger partial charge on any atom is 0.319 e. The fraction of sp³-hybridized carbons (Fsp3) is 0.895. The van der Waals surface area contributed by atoms with Gasteiger partial charge in [0.1, 0.15) is 6.61 Å². The molecule has 1 unspecified atom stereocenters. The summed E-state index contributed by atoms with van der Waals surface area (Å²) in [5.41, 5.74) is 0. The van der Waals surface area contributed by atoms with E-state index in [4.69, 9.17) is 9.47 Å². The molecule has 0 radical (unpaired) electrons. The molecule has 8 nitrogen and oxygen atoms in total. The summed E-state index contributed by atoms with van der Waals surface area (Å²) in [7, 11) is 5.43. The highest BCUT2D eigenvalue weighted by atomic mass is 16.5. The summed E-state index contributed by atoms with van der Waals surface area (Å²) in [5, 5.41) is 0. The Morgan fingerprint density at radius 2 is 1.78 bits per heavy atom. The topological polar surface area (TPSA) is 65.6 Å². The van der Waals surface area contributed by atoms with Crippen LogP contribution in [0.4, 0.5) is 4.79 Å². The van der Waals surface area contributed by atoms with Gasteiger partial charge in [-0.15, -0.1) is 0 Å². The van der Waals surface area contributed by atoms with Crippen molar-refractivity contribution in [3.05, 3.63) is 0 Å². The Hall–Kier alpha value is -1.38. The lowest BCUT2D eigenvalue weighted by molar-refractivity contribution is -0.135. The van der Waals surface area contributed by atoms with Crippen molar-refractivity contribution in [2.75, 3.05) is 73.7 Å². The zero-order valence-electron chi connectivity index (χ0n) is 17.4. The Morgan fingerprint density at radius 1 is 1.07 bits per heavy atom. The molecule has 156 valence electrons. The molecule has 0 saturated carbocycles. The van der Waals surface area contributed by atoms with Crippen LogP contribution in [0.25, 0.3) is 0 Å². The Balaban J connectivity index is 1.95. The van der Waals surface area contributed by atoms with Crippen molar-refractivity contribution >= 4 is 11.9 Å². The van der Waals surface area contributed by atoms with Gasteiger partial charge in [0.05, 0.1) is 0 Å². The van der Waals surface area contributed by atoms with Crippen LogP contribution in [-0.4, -0.2) is 117 Å². The highest BCUT2D eigenvalue weighted by Gasteiger charge is 2.35. The number of hydrogen-bond acceptors (Lipinski definition) is 5. The maximum atomic E-state index is 12.3. The number of nitrogens with zero attached hydrogens (tertiary/aromatic N) is 4. The quantitative estimate of drug-likeness (QED) is 0.617. The van der Waals surface area contributed by atoms with Crippen LogP contribution in [0.15, 0.2) is 0 Å². The van der Waals surface area contributed by atoms with Crippen LogP contribution in [0.2, 0.25) is 0 Å². The van der Waals surface area contributed by atoms with Crippen molar-refractivity contribution in [1.29, 1.82) is 0 Å². The zero-order chi connectivity index (χ0) is 19.8. The first-order valence-electron chi connectivity index (χ1n) is 10.1. The molecule has 0 aromatic rings. The summed E-state index contributed by atoms with van der Waals surface area (Å²) in [5.74, 6) is 0.0135. The predicted molar refractivity (Wildman–Crippen MR) is 104 cm³/mol. The predicted octanol–water partition coefficient (Wildman–Crippen LogP) is 0.718. The number of ether oxygens (including phenoxy) is 2. The van der Waals surface area contributed by atoms with Gasteiger partial charge >= 0.3 is 6.03 Å². The summed E-state index contributed by atoms with van der Waals surface area (Å²) < 4.78 is 10.8. The van der Waals surface area contributed by atoms with E-state index < -0.39 is 0 Å².